The lowest BCUT2D eigenvalue weighted by atomic mass is 9.83. The number of carbonyl (C=O) groups is 4. The second-order valence-corrected chi connectivity index (χ2v) is 7.41. The average molecular weight is 452 g/mol. The van der Waals surface area contributed by atoms with E-state index in [4.69, 9.17) is 16.3 Å². The van der Waals surface area contributed by atoms with Gasteiger partial charge in [-0.15, -0.1) is 0 Å². The summed E-state index contributed by atoms with van der Waals surface area (Å²) in [4.78, 5) is 50.0. The van der Waals surface area contributed by atoms with Crippen molar-refractivity contribution in [3.05, 3.63) is 105 Å². The molecular weight excluding hydrogens is 437 g/mol. The largest absolute Gasteiger partial charge is 0.452 e. The zero-order chi connectivity index (χ0) is 22.8. The molecular formula is C24H15ClFNO5. The molecule has 3 aromatic carbocycles. The number of rotatable bonds is 5. The van der Waals surface area contributed by atoms with Crippen LogP contribution in [0.3, 0.4) is 0 Å². The van der Waals surface area contributed by atoms with Crippen molar-refractivity contribution in [2.75, 3.05) is 6.61 Å². The summed E-state index contributed by atoms with van der Waals surface area (Å²) < 4.78 is 17.9. The van der Waals surface area contributed by atoms with Crippen molar-refractivity contribution in [3.63, 3.8) is 0 Å². The molecule has 6 nitrogen and oxygen atoms in total. The van der Waals surface area contributed by atoms with E-state index in [1.165, 1.54) is 42.5 Å². The number of nitrogens with one attached hydrogen (secondary N) is 1. The van der Waals surface area contributed by atoms with Gasteiger partial charge in [-0.2, -0.15) is 0 Å². The lowest BCUT2D eigenvalue weighted by molar-refractivity contribution is -0.124. The Bertz CT molecular complexity index is 1270. The third-order valence-electron chi connectivity index (χ3n) is 4.99. The highest BCUT2D eigenvalue weighted by Gasteiger charge is 2.33. The van der Waals surface area contributed by atoms with Gasteiger partial charge in [-0.1, -0.05) is 48.0 Å². The molecule has 32 heavy (non-hydrogen) atoms. The Hall–Kier alpha value is -3.84. The number of hydrogen-bond donors (Lipinski definition) is 1. The minimum absolute atomic E-state index is 0.0643. The summed E-state index contributed by atoms with van der Waals surface area (Å²) in [6.45, 7) is -0.449. The second-order valence-electron chi connectivity index (χ2n) is 7.03. The number of ketones is 2. The topological polar surface area (TPSA) is 89.5 Å². The smallest absolute Gasteiger partial charge is 0.340 e. The number of ether oxygens (including phenoxy) is 1. The van der Waals surface area contributed by atoms with Crippen LogP contribution in [0, 0.1) is 5.82 Å². The number of hydrogen-bond acceptors (Lipinski definition) is 5. The third kappa shape index (κ3) is 4.02. The van der Waals surface area contributed by atoms with Crippen molar-refractivity contribution in [2.45, 2.75) is 6.54 Å². The molecule has 0 aromatic heterocycles. The molecule has 0 saturated carbocycles. The molecule has 1 amide bonds. The van der Waals surface area contributed by atoms with Crippen LogP contribution in [-0.2, 0) is 16.1 Å². The maximum Gasteiger partial charge on any atom is 0.340 e. The van der Waals surface area contributed by atoms with E-state index >= 15 is 0 Å². The predicted molar refractivity (Wildman–Crippen MR) is 113 cm³/mol. The van der Waals surface area contributed by atoms with E-state index in [0.29, 0.717) is 5.56 Å². The van der Waals surface area contributed by atoms with Crippen LogP contribution in [0.25, 0.3) is 0 Å². The van der Waals surface area contributed by atoms with Crippen molar-refractivity contribution in [1.82, 2.24) is 5.32 Å². The van der Waals surface area contributed by atoms with E-state index in [1.54, 1.807) is 18.2 Å². The summed E-state index contributed by atoms with van der Waals surface area (Å²) in [5.74, 6) is -2.70. The van der Waals surface area contributed by atoms with Crippen molar-refractivity contribution in [3.8, 4) is 0 Å². The molecule has 0 heterocycles. The first-order chi connectivity index (χ1) is 15.4. The molecule has 0 aliphatic heterocycles. The molecule has 0 saturated heterocycles. The maximum absolute atomic E-state index is 12.9. The molecule has 4 rings (SSSR count). The number of esters is 1. The first-order valence-electron chi connectivity index (χ1n) is 9.56. The Kier molecular flexibility index (Phi) is 5.83. The van der Waals surface area contributed by atoms with Gasteiger partial charge in [0.2, 0.25) is 0 Å². The van der Waals surface area contributed by atoms with E-state index in [-0.39, 0.29) is 51.0 Å². The van der Waals surface area contributed by atoms with Crippen LogP contribution < -0.4 is 5.32 Å². The van der Waals surface area contributed by atoms with E-state index < -0.39 is 24.3 Å². The van der Waals surface area contributed by atoms with Crippen molar-refractivity contribution in [2.24, 2.45) is 0 Å². The van der Waals surface area contributed by atoms with E-state index in [2.05, 4.69) is 5.32 Å². The predicted octanol–water partition coefficient (Wildman–Crippen LogP) is 3.73. The van der Waals surface area contributed by atoms with E-state index in [9.17, 15) is 23.6 Å². The van der Waals surface area contributed by atoms with Gasteiger partial charge in [0.05, 0.1) is 16.1 Å². The van der Waals surface area contributed by atoms with E-state index in [0.717, 1.165) is 0 Å². The van der Waals surface area contributed by atoms with Gasteiger partial charge >= 0.3 is 5.97 Å². The van der Waals surface area contributed by atoms with Crippen LogP contribution in [0.2, 0.25) is 5.02 Å². The van der Waals surface area contributed by atoms with Crippen molar-refractivity contribution >= 4 is 35.0 Å². The summed E-state index contributed by atoms with van der Waals surface area (Å²) in [7, 11) is 0. The number of halogens is 2. The molecule has 0 radical (unpaired) electrons. The fourth-order valence-corrected chi connectivity index (χ4v) is 3.69. The molecule has 0 spiro atoms. The van der Waals surface area contributed by atoms with Crippen LogP contribution in [0.4, 0.5) is 4.39 Å². The van der Waals surface area contributed by atoms with Crippen LogP contribution in [0.5, 0.6) is 0 Å². The standard InChI is InChI=1S/C24H15ClFNO5/c25-21-18(24(31)32-12-19(28)27-11-13-5-7-14(26)8-6-13)10-9-17-20(21)23(30)16-4-2-1-3-15(16)22(17)29/h1-10H,11-12H2,(H,27,28). The highest BCUT2D eigenvalue weighted by Crippen LogP contribution is 2.34. The summed E-state index contributed by atoms with van der Waals surface area (Å²) in [5, 5.41) is 2.34. The first-order valence-corrected chi connectivity index (χ1v) is 9.94. The summed E-state index contributed by atoms with van der Waals surface area (Å²) in [6.07, 6.45) is 0. The van der Waals surface area contributed by atoms with Gasteiger partial charge in [0, 0.05) is 23.2 Å². The van der Waals surface area contributed by atoms with E-state index in [1.807, 2.05) is 0 Å². The molecule has 1 aliphatic carbocycles. The zero-order valence-electron chi connectivity index (χ0n) is 16.5. The number of fused-ring (bicyclic) bond motifs is 2. The third-order valence-corrected chi connectivity index (χ3v) is 5.38. The monoisotopic (exact) mass is 451 g/mol. The zero-order valence-corrected chi connectivity index (χ0v) is 17.2. The Morgan fingerprint density at radius 2 is 1.53 bits per heavy atom. The molecule has 3 aromatic rings. The molecule has 1 aliphatic rings. The highest BCUT2D eigenvalue weighted by molar-refractivity contribution is 6.41. The molecule has 1 N–H and O–H groups in total. The lowest BCUT2D eigenvalue weighted by Gasteiger charge is -2.19. The molecule has 8 heteroatoms. The Morgan fingerprint density at radius 1 is 0.875 bits per heavy atom. The van der Waals surface area contributed by atoms with Crippen LogP contribution >= 0.6 is 11.6 Å². The lowest BCUT2D eigenvalue weighted by Crippen LogP contribution is -2.28. The Morgan fingerprint density at radius 3 is 2.22 bits per heavy atom. The molecule has 0 unspecified atom stereocenters. The molecule has 0 bridgehead atoms. The van der Waals surface area contributed by atoms with Gasteiger partial charge in [0.1, 0.15) is 5.82 Å². The summed E-state index contributed by atoms with van der Waals surface area (Å²) in [6, 6.07) is 14.6. The van der Waals surface area contributed by atoms with Gasteiger partial charge in [0.25, 0.3) is 5.91 Å². The average Bonchev–Trinajstić information content (AvgIpc) is 2.80. The summed E-state index contributed by atoms with van der Waals surface area (Å²) >= 11 is 6.31. The van der Waals surface area contributed by atoms with Gasteiger partial charge in [0.15, 0.2) is 18.2 Å². The summed E-state index contributed by atoms with van der Waals surface area (Å²) in [5.41, 5.74) is 1.06. The SMILES string of the molecule is O=C(COC(=O)c1ccc2c(c1Cl)C(=O)c1ccccc1C2=O)NCc1ccc(F)cc1. The van der Waals surface area contributed by atoms with Gasteiger partial charge in [-0.25, -0.2) is 9.18 Å². The minimum Gasteiger partial charge on any atom is -0.452 e. The Labute approximate surface area is 187 Å². The number of amides is 1. The van der Waals surface area contributed by atoms with Crippen molar-refractivity contribution < 1.29 is 28.3 Å². The van der Waals surface area contributed by atoms with Gasteiger partial charge in [-0.05, 0) is 29.8 Å². The second kappa shape index (κ2) is 8.72. The number of benzene rings is 3. The molecule has 0 atom stereocenters. The van der Waals surface area contributed by atoms with Crippen LogP contribution in [-0.4, -0.2) is 30.0 Å². The maximum atomic E-state index is 12.9. The van der Waals surface area contributed by atoms with Gasteiger partial charge in [-0.3, -0.25) is 14.4 Å². The van der Waals surface area contributed by atoms with Crippen LogP contribution in [0.15, 0.2) is 60.7 Å². The highest BCUT2D eigenvalue weighted by atomic mass is 35.5. The Balaban J connectivity index is 1.46. The quantitative estimate of drug-likeness (QED) is 0.467. The molecule has 0 fully saturated rings. The normalized spacial score (nSPS) is 12.1. The molecule has 160 valence electrons. The minimum atomic E-state index is -0.908. The fraction of sp³-hybridized carbons (Fsp3) is 0.0833. The van der Waals surface area contributed by atoms with Crippen LogP contribution in [0.1, 0.15) is 47.8 Å². The first kappa shape index (κ1) is 21.4. The number of carbonyl (C=O) groups excluding carboxylic acids is 4. The fourth-order valence-electron chi connectivity index (χ4n) is 3.37. The van der Waals surface area contributed by atoms with Gasteiger partial charge < -0.3 is 10.1 Å². The van der Waals surface area contributed by atoms with Crippen molar-refractivity contribution in [1.29, 1.82) is 0 Å².